The second-order valence-corrected chi connectivity index (χ2v) is 5.48. The van der Waals surface area contributed by atoms with E-state index in [0.29, 0.717) is 37.7 Å². The fraction of sp³-hybridized carbons (Fsp3) is 0.294. The minimum Gasteiger partial charge on any atom is -0.383 e. The minimum absolute atomic E-state index is 0.0183. The van der Waals surface area contributed by atoms with E-state index in [2.05, 4.69) is 25.7 Å². The molecule has 0 saturated heterocycles. The number of carbonyl (C=O) groups is 1. The minimum atomic E-state index is -0.547. The zero-order valence-corrected chi connectivity index (χ0v) is 14.3. The molecule has 2 N–H and O–H groups in total. The molecular weight excluding hydrogens is 339 g/mol. The molecule has 2 heterocycles. The highest BCUT2D eigenvalue weighted by molar-refractivity contribution is 5.94. The Morgan fingerprint density at radius 1 is 1.27 bits per heavy atom. The van der Waals surface area contributed by atoms with Crippen LogP contribution in [0.3, 0.4) is 0 Å². The number of fused-ring (bicyclic) bond motifs is 1. The molecular formula is C17H19FN6O2. The molecule has 3 rings (SSSR count). The van der Waals surface area contributed by atoms with Crippen LogP contribution in [0.25, 0.3) is 11.0 Å². The first-order valence-electron chi connectivity index (χ1n) is 8.12. The van der Waals surface area contributed by atoms with Crippen LogP contribution in [0, 0.1) is 5.82 Å². The molecule has 0 unspecified atom stereocenters. The van der Waals surface area contributed by atoms with Crippen molar-refractivity contribution in [3.05, 3.63) is 48.2 Å². The molecule has 9 heteroatoms. The molecule has 0 radical (unpaired) electrons. The van der Waals surface area contributed by atoms with Gasteiger partial charge in [-0.2, -0.15) is 5.10 Å². The van der Waals surface area contributed by atoms with Gasteiger partial charge in [-0.05, 0) is 12.1 Å². The highest BCUT2D eigenvalue weighted by Crippen LogP contribution is 2.18. The summed E-state index contributed by atoms with van der Waals surface area (Å²) in [5, 5.41) is 10.9. The summed E-state index contributed by atoms with van der Waals surface area (Å²) in [4.78, 5) is 20.5. The third kappa shape index (κ3) is 3.94. The van der Waals surface area contributed by atoms with Crippen LogP contribution in [0.5, 0.6) is 0 Å². The van der Waals surface area contributed by atoms with Crippen LogP contribution >= 0.6 is 0 Å². The molecule has 1 amide bonds. The first kappa shape index (κ1) is 17.7. The fourth-order valence-electron chi connectivity index (χ4n) is 2.48. The molecule has 8 nitrogen and oxygen atoms in total. The number of hydrogen-bond donors (Lipinski definition) is 2. The van der Waals surface area contributed by atoms with E-state index in [1.54, 1.807) is 30.1 Å². The largest absolute Gasteiger partial charge is 0.383 e. The Bertz CT molecular complexity index is 898. The molecule has 136 valence electrons. The molecule has 0 bridgehead atoms. The topological polar surface area (TPSA) is 94.0 Å². The van der Waals surface area contributed by atoms with Crippen LogP contribution in [0.1, 0.15) is 10.4 Å². The average molecular weight is 358 g/mol. The SMILES string of the molecule is COCCNc1ncnc2c1cnn2CCNC(=O)c1ccccc1F. The number of nitrogens with zero attached hydrogens (tertiary/aromatic N) is 4. The van der Waals surface area contributed by atoms with Gasteiger partial charge < -0.3 is 15.4 Å². The van der Waals surface area contributed by atoms with Crippen LogP contribution < -0.4 is 10.6 Å². The van der Waals surface area contributed by atoms with Crippen molar-refractivity contribution >= 4 is 22.8 Å². The number of halogens is 1. The van der Waals surface area contributed by atoms with Crippen molar-refractivity contribution in [1.82, 2.24) is 25.1 Å². The number of ether oxygens (including phenoxy) is 1. The number of rotatable bonds is 8. The number of nitrogens with one attached hydrogen (secondary N) is 2. The van der Waals surface area contributed by atoms with Gasteiger partial charge in [0.05, 0.1) is 30.3 Å². The van der Waals surface area contributed by atoms with Gasteiger partial charge in [0.2, 0.25) is 0 Å². The van der Waals surface area contributed by atoms with E-state index in [4.69, 9.17) is 4.74 Å². The lowest BCUT2D eigenvalue weighted by molar-refractivity contribution is 0.0948. The van der Waals surface area contributed by atoms with E-state index < -0.39 is 11.7 Å². The molecule has 0 aliphatic carbocycles. The quantitative estimate of drug-likeness (QED) is 0.592. The second-order valence-electron chi connectivity index (χ2n) is 5.48. The lowest BCUT2D eigenvalue weighted by atomic mass is 10.2. The van der Waals surface area contributed by atoms with Crippen molar-refractivity contribution in [2.24, 2.45) is 0 Å². The number of carbonyl (C=O) groups excluding carboxylic acids is 1. The summed E-state index contributed by atoms with van der Waals surface area (Å²) < 4.78 is 20.3. The number of amides is 1. The van der Waals surface area contributed by atoms with Gasteiger partial charge in [0.1, 0.15) is 18.0 Å². The summed E-state index contributed by atoms with van der Waals surface area (Å²) >= 11 is 0. The zero-order valence-electron chi connectivity index (χ0n) is 14.3. The van der Waals surface area contributed by atoms with Crippen molar-refractivity contribution in [2.75, 3.05) is 32.1 Å². The normalized spacial score (nSPS) is 10.8. The van der Waals surface area contributed by atoms with Crippen LogP contribution in [0.15, 0.2) is 36.8 Å². The van der Waals surface area contributed by atoms with Gasteiger partial charge in [0.15, 0.2) is 5.65 Å². The first-order chi connectivity index (χ1) is 12.7. The molecule has 0 saturated carbocycles. The van der Waals surface area contributed by atoms with Gasteiger partial charge >= 0.3 is 0 Å². The van der Waals surface area contributed by atoms with Gasteiger partial charge in [-0.15, -0.1) is 0 Å². The molecule has 0 aliphatic heterocycles. The second kappa shape index (κ2) is 8.34. The van der Waals surface area contributed by atoms with E-state index in [-0.39, 0.29) is 5.56 Å². The van der Waals surface area contributed by atoms with E-state index in [9.17, 15) is 9.18 Å². The Kier molecular flexibility index (Phi) is 5.69. The summed E-state index contributed by atoms with van der Waals surface area (Å²) in [6.07, 6.45) is 3.12. The summed E-state index contributed by atoms with van der Waals surface area (Å²) in [5.41, 5.74) is 0.671. The van der Waals surface area contributed by atoms with Crippen LogP contribution in [0.4, 0.5) is 10.2 Å². The van der Waals surface area contributed by atoms with Gasteiger partial charge in [-0.25, -0.2) is 19.0 Å². The van der Waals surface area contributed by atoms with Gasteiger partial charge in [-0.3, -0.25) is 4.79 Å². The summed E-state index contributed by atoms with van der Waals surface area (Å²) in [6, 6.07) is 5.86. The Labute approximate surface area is 149 Å². The van der Waals surface area contributed by atoms with Gasteiger partial charge in [-0.1, -0.05) is 12.1 Å². The number of aromatic nitrogens is 4. The van der Waals surface area contributed by atoms with Crippen molar-refractivity contribution in [3.8, 4) is 0 Å². The molecule has 26 heavy (non-hydrogen) atoms. The highest BCUT2D eigenvalue weighted by atomic mass is 19.1. The Balaban J connectivity index is 1.63. The summed E-state index contributed by atoms with van der Waals surface area (Å²) in [6.45, 7) is 1.87. The molecule has 2 aromatic heterocycles. The molecule has 1 aromatic carbocycles. The van der Waals surface area contributed by atoms with Crippen molar-refractivity contribution in [1.29, 1.82) is 0 Å². The molecule has 0 aliphatic rings. The Morgan fingerprint density at radius 3 is 2.92 bits per heavy atom. The monoisotopic (exact) mass is 358 g/mol. The Hall–Kier alpha value is -3.07. The van der Waals surface area contributed by atoms with Crippen molar-refractivity contribution in [2.45, 2.75) is 6.54 Å². The Morgan fingerprint density at radius 2 is 2.12 bits per heavy atom. The van der Waals surface area contributed by atoms with E-state index in [0.717, 1.165) is 5.39 Å². The third-order valence-corrected chi connectivity index (χ3v) is 3.76. The lowest BCUT2D eigenvalue weighted by Gasteiger charge is -2.08. The number of benzene rings is 1. The summed E-state index contributed by atoms with van der Waals surface area (Å²) in [5.74, 6) is -0.334. The predicted molar refractivity (Wildman–Crippen MR) is 94.4 cm³/mol. The zero-order chi connectivity index (χ0) is 18.4. The standard InChI is InChI=1S/C17H19FN6O2/c1-26-9-7-19-15-13-10-23-24(16(13)22-11-21-15)8-6-20-17(25)12-4-2-3-5-14(12)18/h2-5,10-11H,6-9H2,1H3,(H,20,25)(H,19,21,22). The van der Waals surface area contributed by atoms with Crippen LogP contribution in [0.2, 0.25) is 0 Å². The van der Waals surface area contributed by atoms with E-state index in [1.165, 1.54) is 18.5 Å². The number of methoxy groups -OCH3 is 1. The maximum atomic E-state index is 13.6. The van der Waals surface area contributed by atoms with Gasteiger partial charge in [0, 0.05) is 20.2 Å². The number of hydrogen-bond acceptors (Lipinski definition) is 6. The van der Waals surface area contributed by atoms with E-state index in [1.807, 2.05) is 0 Å². The predicted octanol–water partition coefficient (Wildman–Crippen LogP) is 1.45. The molecule has 0 atom stereocenters. The number of anilines is 1. The van der Waals surface area contributed by atoms with E-state index >= 15 is 0 Å². The summed E-state index contributed by atoms with van der Waals surface area (Å²) in [7, 11) is 1.63. The average Bonchev–Trinajstić information content (AvgIpc) is 3.06. The first-order valence-corrected chi connectivity index (χ1v) is 8.12. The van der Waals surface area contributed by atoms with Crippen LogP contribution in [-0.2, 0) is 11.3 Å². The third-order valence-electron chi connectivity index (χ3n) is 3.76. The smallest absolute Gasteiger partial charge is 0.254 e. The highest BCUT2D eigenvalue weighted by Gasteiger charge is 2.12. The lowest BCUT2D eigenvalue weighted by Crippen LogP contribution is -2.28. The molecule has 0 spiro atoms. The molecule has 0 fully saturated rings. The maximum absolute atomic E-state index is 13.6. The van der Waals surface area contributed by atoms with Crippen molar-refractivity contribution in [3.63, 3.8) is 0 Å². The molecule has 3 aromatic rings. The maximum Gasteiger partial charge on any atom is 0.254 e. The fourth-order valence-corrected chi connectivity index (χ4v) is 2.48. The van der Waals surface area contributed by atoms with Gasteiger partial charge in [0.25, 0.3) is 5.91 Å². The van der Waals surface area contributed by atoms with Crippen molar-refractivity contribution < 1.29 is 13.9 Å². The van der Waals surface area contributed by atoms with Crippen LogP contribution in [-0.4, -0.2) is 52.5 Å².